The molecule has 0 saturated carbocycles. The van der Waals surface area contributed by atoms with E-state index in [-0.39, 0.29) is 6.04 Å². The molecule has 4 nitrogen and oxygen atoms in total. The fourth-order valence-corrected chi connectivity index (χ4v) is 2.27. The van der Waals surface area contributed by atoms with Crippen LogP contribution in [0.2, 0.25) is 0 Å². The zero-order valence-corrected chi connectivity index (χ0v) is 12.2. The van der Waals surface area contributed by atoms with Crippen molar-refractivity contribution in [3.8, 4) is 0 Å². The van der Waals surface area contributed by atoms with Crippen molar-refractivity contribution in [3.63, 3.8) is 0 Å². The molecule has 1 aromatic carbocycles. The molecule has 4 heteroatoms. The number of anilines is 1. The van der Waals surface area contributed by atoms with Crippen LogP contribution in [-0.2, 0) is 0 Å². The van der Waals surface area contributed by atoms with E-state index < -0.39 is 0 Å². The van der Waals surface area contributed by atoms with Crippen LogP contribution in [0, 0.1) is 6.92 Å². The molecule has 1 atom stereocenters. The van der Waals surface area contributed by atoms with Gasteiger partial charge in [0.2, 0.25) is 0 Å². The minimum absolute atomic E-state index is 0.149. The molecule has 5 N–H and O–H groups in total. The normalized spacial score (nSPS) is 12.7. The first kappa shape index (κ1) is 14.5. The van der Waals surface area contributed by atoms with Crippen LogP contribution in [0.3, 0.4) is 0 Å². The summed E-state index contributed by atoms with van der Waals surface area (Å²) in [6.45, 7) is 6.34. The maximum Gasteiger partial charge on any atom is 0.128 e. The van der Waals surface area contributed by atoms with Gasteiger partial charge in [-0.3, -0.25) is 5.84 Å². The van der Waals surface area contributed by atoms with Crippen LogP contribution < -0.4 is 17.0 Å². The third-order valence-electron chi connectivity index (χ3n) is 3.50. The highest BCUT2D eigenvalue weighted by Crippen LogP contribution is 2.27. The zero-order chi connectivity index (χ0) is 14.7. The first-order chi connectivity index (χ1) is 9.52. The third kappa shape index (κ3) is 2.98. The van der Waals surface area contributed by atoms with Gasteiger partial charge in [0.25, 0.3) is 0 Å². The number of nitrogens with one attached hydrogen (secondary N) is 1. The largest absolute Gasteiger partial charge is 0.383 e. The molecule has 0 bridgehead atoms. The first-order valence-electron chi connectivity index (χ1n) is 6.81. The summed E-state index contributed by atoms with van der Waals surface area (Å²) in [4.78, 5) is 4.20. The number of hydrogen-bond acceptors (Lipinski definition) is 4. The Morgan fingerprint density at radius 2 is 1.70 bits per heavy atom. The van der Waals surface area contributed by atoms with Gasteiger partial charge in [-0.05, 0) is 35.6 Å². The molecule has 106 valence electrons. The number of benzene rings is 1. The summed E-state index contributed by atoms with van der Waals surface area (Å²) < 4.78 is 0. The monoisotopic (exact) mass is 270 g/mol. The number of nitrogen functional groups attached to an aromatic ring is 1. The minimum atomic E-state index is -0.149. The molecule has 20 heavy (non-hydrogen) atoms. The molecule has 0 aliphatic heterocycles. The van der Waals surface area contributed by atoms with Gasteiger partial charge in [0.1, 0.15) is 5.82 Å². The number of aryl methyl sites for hydroxylation is 1. The van der Waals surface area contributed by atoms with Gasteiger partial charge in [-0.15, -0.1) is 0 Å². The third-order valence-corrected chi connectivity index (χ3v) is 3.50. The van der Waals surface area contributed by atoms with Gasteiger partial charge < -0.3 is 5.73 Å². The fourth-order valence-electron chi connectivity index (χ4n) is 2.27. The molecule has 1 aromatic heterocycles. The van der Waals surface area contributed by atoms with E-state index in [4.69, 9.17) is 11.6 Å². The smallest absolute Gasteiger partial charge is 0.128 e. The summed E-state index contributed by atoms with van der Waals surface area (Å²) in [7, 11) is 0. The second-order valence-corrected chi connectivity index (χ2v) is 5.41. The number of aromatic nitrogens is 1. The van der Waals surface area contributed by atoms with Gasteiger partial charge in [0.05, 0.1) is 6.04 Å². The van der Waals surface area contributed by atoms with Crippen LogP contribution in [0.5, 0.6) is 0 Å². The van der Waals surface area contributed by atoms with Crippen molar-refractivity contribution in [1.82, 2.24) is 10.4 Å². The second-order valence-electron chi connectivity index (χ2n) is 5.41. The molecule has 0 radical (unpaired) electrons. The van der Waals surface area contributed by atoms with Crippen LogP contribution in [0.25, 0.3) is 0 Å². The van der Waals surface area contributed by atoms with Crippen molar-refractivity contribution >= 4 is 5.82 Å². The Hall–Kier alpha value is -1.91. The van der Waals surface area contributed by atoms with Gasteiger partial charge >= 0.3 is 0 Å². The van der Waals surface area contributed by atoms with Gasteiger partial charge in [0, 0.05) is 11.8 Å². The number of nitrogens with two attached hydrogens (primary N) is 2. The summed E-state index contributed by atoms with van der Waals surface area (Å²) in [5, 5.41) is 0. The fraction of sp³-hybridized carbons (Fsp3) is 0.312. The standard InChI is InChI=1S/C16H22N4/c1-10(2)12-4-6-13(7-5-12)15(20-18)14-8-11(3)9-19-16(14)17/h4-10,15,20H,18H2,1-3H3,(H2,17,19). The molecule has 0 saturated heterocycles. The maximum atomic E-state index is 5.97. The van der Waals surface area contributed by atoms with E-state index in [1.807, 2.05) is 13.0 Å². The Kier molecular flexibility index (Phi) is 4.37. The van der Waals surface area contributed by atoms with Crippen molar-refractivity contribution in [3.05, 3.63) is 58.8 Å². The minimum Gasteiger partial charge on any atom is -0.383 e. The number of hydrazine groups is 1. The van der Waals surface area contributed by atoms with E-state index in [1.54, 1.807) is 6.20 Å². The second kappa shape index (κ2) is 6.03. The van der Waals surface area contributed by atoms with Gasteiger partial charge in [-0.1, -0.05) is 38.1 Å². The quantitative estimate of drug-likeness (QED) is 0.589. The zero-order valence-electron chi connectivity index (χ0n) is 12.2. The highest BCUT2D eigenvalue weighted by atomic mass is 15.2. The lowest BCUT2D eigenvalue weighted by atomic mass is 9.95. The Balaban J connectivity index is 2.39. The van der Waals surface area contributed by atoms with E-state index in [2.05, 4.69) is 48.5 Å². The molecule has 1 unspecified atom stereocenters. The predicted octanol–water partition coefficient (Wildman–Crippen LogP) is 2.65. The first-order valence-corrected chi connectivity index (χ1v) is 6.81. The van der Waals surface area contributed by atoms with Crippen LogP contribution in [0.1, 0.15) is 48.1 Å². The Morgan fingerprint density at radius 1 is 1.10 bits per heavy atom. The molecule has 0 amide bonds. The van der Waals surface area contributed by atoms with Gasteiger partial charge in [-0.25, -0.2) is 10.4 Å². The molecule has 2 rings (SSSR count). The number of nitrogens with zero attached hydrogens (tertiary/aromatic N) is 1. The predicted molar refractivity (Wildman–Crippen MR) is 83.1 cm³/mol. The lowest BCUT2D eigenvalue weighted by molar-refractivity contribution is 0.635. The number of hydrogen-bond donors (Lipinski definition) is 3. The SMILES string of the molecule is Cc1cnc(N)c(C(NN)c2ccc(C(C)C)cc2)c1. The maximum absolute atomic E-state index is 5.97. The molecular weight excluding hydrogens is 248 g/mol. The Bertz CT molecular complexity index is 576. The highest BCUT2D eigenvalue weighted by molar-refractivity contribution is 5.47. The number of pyridine rings is 1. The molecule has 0 aliphatic rings. The lowest BCUT2D eigenvalue weighted by Crippen LogP contribution is -2.29. The van der Waals surface area contributed by atoms with E-state index >= 15 is 0 Å². The van der Waals surface area contributed by atoms with Gasteiger partial charge in [-0.2, -0.15) is 0 Å². The molecule has 1 heterocycles. The van der Waals surface area contributed by atoms with Crippen molar-refractivity contribution in [2.75, 3.05) is 5.73 Å². The topological polar surface area (TPSA) is 77.0 Å². The van der Waals surface area contributed by atoms with Crippen molar-refractivity contribution < 1.29 is 0 Å². The van der Waals surface area contributed by atoms with E-state index in [0.717, 1.165) is 16.7 Å². The lowest BCUT2D eigenvalue weighted by Gasteiger charge is -2.19. The summed E-state index contributed by atoms with van der Waals surface area (Å²) in [6, 6.07) is 10.3. The van der Waals surface area contributed by atoms with Crippen LogP contribution in [0.15, 0.2) is 36.5 Å². The van der Waals surface area contributed by atoms with Crippen molar-refractivity contribution in [2.24, 2.45) is 5.84 Å². The van der Waals surface area contributed by atoms with E-state index in [1.165, 1.54) is 5.56 Å². The van der Waals surface area contributed by atoms with Crippen LogP contribution >= 0.6 is 0 Å². The Labute approximate surface area is 120 Å². The molecule has 0 fully saturated rings. The molecule has 0 spiro atoms. The summed E-state index contributed by atoms with van der Waals surface area (Å²) >= 11 is 0. The highest BCUT2D eigenvalue weighted by Gasteiger charge is 2.16. The summed E-state index contributed by atoms with van der Waals surface area (Å²) in [6.07, 6.45) is 1.76. The summed E-state index contributed by atoms with van der Waals surface area (Å²) in [5.41, 5.74) is 13.2. The van der Waals surface area contributed by atoms with E-state index in [9.17, 15) is 0 Å². The molecular formula is C16H22N4. The average Bonchev–Trinajstić information content (AvgIpc) is 2.44. The van der Waals surface area contributed by atoms with Gasteiger partial charge in [0.15, 0.2) is 0 Å². The number of rotatable bonds is 4. The van der Waals surface area contributed by atoms with Crippen LogP contribution in [0.4, 0.5) is 5.82 Å². The summed E-state index contributed by atoms with van der Waals surface area (Å²) in [5.74, 6) is 6.74. The van der Waals surface area contributed by atoms with E-state index in [0.29, 0.717) is 11.7 Å². The van der Waals surface area contributed by atoms with Crippen molar-refractivity contribution in [1.29, 1.82) is 0 Å². The van der Waals surface area contributed by atoms with Crippen LogP contribution in [-0.4, -0.2) is 4.98 Å². The molecule has 2 aromatic rings. The average molecular weight is 270 g/mol. The Morgan fingerprint density at radius 3 is 2.25 bits per heavy atom. The molecule has 0 aliphatic carbocycles. The van der Waals surface area contributed by atoms with Crippen molar-refractivity contribution in [2.45, 2.75) is 32.7 Å².